The van der Waals surface area contributed by atoms with Crippen LogP contribution in [0.1, 0.15) is 82.6 Å². The second kappa shape index (κ2) is 3.83. The summed E-state index contributed by atoms with van der Waals surface area (Å²) in [7, 11) is 0. The molecule has 0 spiro atoms. The molecule has 20 heavy (non-hydrogen) atoms. The van der Waals surface area contributed by atoms with Gasteiger partial charge in [-0.15, -0.1) is 0 Å². The van der Waals surface area contributed by atoms with E-state index in [4.69, 9.17) is 0 Å². The maximum absolute atomic E-state index is 2.85. The van der Waals surface area contributed by atoms with Gasteiger partial charge in [-0.05, 0) is 70.6 Å². The molecule has 0 radical (unpaired) electrons. The van der Waals surface area contributed by atoms with Crippen LogP contribution in [-0.4, -0.2) is 21.5 Å². The Balaban J connectivity index is 2.61. The molecule has 2 bridgehead atoms. The van der Waals surface area contributed by atoms with Crippen molar-refractivity contribution in [2.75, 3.05) is 0 Å². The van der Waals surface area contributed by atoms with E-state index in [0.717, 1.165) is 11.8 Å². The highest BCUT2D eigenvalue weighted by molar-refractivity contribution is 5.26. The standard InChI is InChI=1S/C19H37N/c1-15(2,3)13-12-19(11)17(7,8)14(13)18(9,10)20(19)16(4,5)6/h13-14H,12H2,1-11H3/t13?,14-,19+/m1/s1. The molecule has 0 aromatic heterocycles. The number of fused-ring (bicyclic) bond motifs is 2. The highest BCUT2D eigenvalue weighted by atomic mass is 15.4. The SMILES string of the molecule is CC(C)(C)C1C[C@]2(C)N(C(C)(C)C)C(C)(C)[C@H]1C2(C)C. The molecule has 1 aliphatic heterocycles. The molecule has 0 amide bonds. The smallest absolute Gasteiger partial charge is 0.0249 e. The normalized spacial score (nSPS) is 40.4. The van der Waals surface area contributed by atoms with Gasteiger partial charge >= 0.3 is 0 Å². The third-order valence-electron chi connectivity index (χ3n) is 6.80. The van der Waals surface area contributed by atoms with Crippen LogP contribution < -0.4 is 0 Å². The summed E-state index contributed by atoms with van der Waals surface area (Å²) >= 11 is 0. The summed E-state index contributed by atoms with van der Waals surface area (Å²) in [6, 6.07) is 0. The average molecular weight is 280 g/mol. The zero-order valence-electron chi connectivity index (χ0n) is 15.8. The van der Waals surface area contributed by atoms with E-state index in [-0.39, 0.29) is 11.1 Å². The molecular formula is C19H37N. The predicted molar refractivity (Wildman–Crippen MR) is 88.9 cm³/mol. The van der Waals surface area contributed by atoms with Gasteiger partial charge in [0.2, 0.25) is 0 Å². The van der Waals surface area contributed by atoms with Crippen LogP contribution in [0, 0.1) is 22.7 Å². The molecule has 2 aliphatic rings. The van der Waals surface area contributed by atoms with E-state index in [9.17, 15) is 0 Å². The predicted octanol–water partition coefficient (Wildman–Crippen LogP) is 5.35. The highest BCUT2D eigenvalue weighted by Crippen LogP contribution is 2.71. The number of hydrogen-bond donors (Lipinski definition) is 0. The van der Waals surface area contributed by atoms with Gasteiger partial charge in [-0.3, -0.25) is 4.90 Å². The molecule has 0 aromatic carbocycles. The van der Waals surface area contributed by atoms with Crippen LogP contribution in [0.25, 0.3) is 0 Å². The fourth-order valence-corrected chi connectivity index (χ4v) is 6.59. The van der Waals surface area contributed by atoms with E-state index >= 15 is 0 Å². The summed E-state index contributed by atoms with van der Waals surface area (Å²) in [4.78, 5) is 2.85. The first kappa shape index (κ1) is 16.3. The van der Waals surface area contributed by atoms with E-state index in [1.54, 1.807) is 0 Å². The van der Waals surface area contributed by atoms with Crippen molar-refractivity contribution >= 4 is 0 Å². The average Bonchev–Trinajstić information content (AvgIpc) is 2.36. The summed E-state index contributed by atoms with van der Waals surface area (Å²) < 4.78 is 0. The molecule has 1 saturated heterocycles. The molecule has 1 nitrogen and oxygen atoms in total. The van der Waals surface area contributed by atoms with Crippen molar-refractivity contribution in [1.29, 1.82) is 0 Å². The molecule has 0 aromatic rings. The van der Waals surface area contributed by atoms with Crippen molar-refractivity contribution in [3.63, 3.8) is 0 Å². The molecule has 1 heteroatoms. The molecule has 0 N–H and O–H groups in total. The second-order valence-electron chi connectivity index (χ2n) is 10.8. The van der Waals surface area contributed by atoms with Crippen LogP contribution in [-0.2, 0) is 0 Å². The minimum Gasteiger partial charge on any atom is -0.287 e. The Morgan fingerprint density at radius 2 is 1.30 bits per heavy atom. The second-order valence-corrected chi connectivity index (χ2v) is 10.8. The van der Waals surface area contributed by atoms with Gasteiger partial charge in [0.05, 0.1) is 0 Å². The van der Waals surface area contributed by atoms with Crippen molar-refractivity contribution < 1.29 is 0 Å². The van der Waals surface area contributed by atoms with Crippen molar-refractivity contribution in [1.82, 2.24) is 4.90 Å². The lowest BCUT2D eigenvalue weighted by molar-refractivity contribution is -0.0870. The Hall–Kier alpha value is -0.0400. The Morgan fingerprint density at radius 1 is 0.850 bits per heavy atom. The van der Waals surface area contributed by atoms with Gasteiger partial charge in [0.25, 0.3) is 0 Å². The molecular weight excluding hydrogens is 242 g/mol. The van der Waals surface area contributed by atoms with Crippen LogP contribution in [0.5, 0.6) is 0 Å². The van der Waals surface area contributed by atoms with Gasteiger partial charge in [-0.1, -0.05) is 34.6 Å². The number of likely N-dealkylation sites (tertiary alicyclic amines) is 1. The van der Waals surface area contributed by atoms with Crippen molar-refractivity contribution in [2.45, 2.75) is 99.2 Å². The molecule has 1 aliphatic carbocycles. The summed E-state index contributed by atoms with van der Waals surface area (Å²) in [6.07, 6.45) is 1.34. The lowest BCUT2D eigenvalue weighted by Crippen LogP contribution is -2.64. The van der Waals surface area contributed by atoms with Gasteiger partial charge in [-0.2, -0.15) is 0 Å². The van der Waals surface area contributed by atoms with Crippen molar-refractivity contribution in [2.24, 2.45) is 22.7 Å². The first-order valence-electron chi connectivity index (χ1n) is 8.38. The van der Waals surface area contributed by atoms with Crippen LogP contribution in [0.15, 0.2) is 0 Å². The van der Waals surface area contributed by atoms with E-state index < -0.39 is 0 Å². The zero-order valence-corrected chi connectivity index (χ0v) is 15.8. The Morgan fingerprint density at radius 3 is 1.60 bits per heavy atom. The summed E-state index contributed by atoms with van der Waals surface area (Å²) in [6.45, 7) is 27.1. The summed E-state index contributed by atoms with van der Waals surface area (Å²) in [5.41, 5.74) is 1.58. The fourth-order valence-electron chi connectivity index (χ4n) is 6.59. The number of rotatable bonds is 0. The largest absolute Gasteiger partial charge is 0.287 e. The number of nitrogens with zero attached hydrogens (tertiary/aromatic N) is 1. The number of piperidine rings is 1. The number of hydrogen-bond acceptors (Lipinski definition) is 1. The minimum atomic E-state index is 0.229. The molecule has 118 valence electrons. The summed E-state index contributed by atoms with van der Waals surface area (Å²) in [5.74, 6) is 1.58. The molecule has 2 rings (SSSR count). The Labute approximate surface area is 127 Å². The first-order valence-corrected chi connectivity index (χ1v) is 8.38. The van der Waals surface area contributed by atoms with E-state index in [0.29, 0.717) is 16.4 Å². The minimum absolute atomic E-state index is 0.229. The van der Waals surface area contributed by atoms with E-state index in [1.165, 1.54) is 6.42 Å². The maximum Gasteiger partial charge on any atom is 0.0249 e. The van der Waals surface area contributed by atoms with Gasteiger partial charge in [-0.25, -0.2) is 0 Å². The van der Waals surface area contributed by atoms with Crippen LogP contribution >= 0.6 is 0 Å². The monoisotopic (exact) mass is 279 g/mol. The zero-order chi connectivity index (χ0) is 15.9. The van der Waals surface area contributed by atoms with E-state index in [2.05, 4.69) is 81.1 Å². The first-order chi connectivity index (χ1) is 8.58. The molecule has 1 saturated carbocycles. The van der Waals surface area contributed by atoms with Crippen LogP contribution in [0.4, 0.5) is 0 Å². The Kier molecular flexibility index (Phi) is 3.13. The fraction of sp³-hybridized carbons (Fsp3) is 1.00. The van der Waals surface area contributed by atoms with Gasteiger partial charge in [0, 0.05) is 16.6 Å². The van der Waals surface area contributed by atoms with Gasteiger partial charge in [0.15, 0.2) is 0 Å². The molecule has 1 heterocycles. The third-order valence-corrected chi connectivity index (χ3v) is 6.80. The van der Waals surface area contributed by atoms with Crippen LogP contribution in [0.2, 0.25) is 0 Å². The molecule has 3 atom stereocenters. The molecule has 2 fully saturated rings. The van der Waals surface area contributed by atoms with Crippen molar-refractivity contribution in [3.05, 3.63) is 0 Å². The van der Waals surface area contributed by atoms with Gasteiger partial charge < -0.3 is 0 Å². The van der Waals surface area contributed by atoms with E-state index in [1.807, 2.05) is 0 Å². The lowest BCUT2D eigenvalue weighted by atomic mass is 9.63. The van der Waals surface area contributed by atoms with Crippen molar-refractivity contribution in [3.8, 4) is 0 Å². The third kappa shape index (κ3) is 1.77. The Bertz CT molecular complexity index is 404. The van der Waals surface area contributed by atoms with Gasteiger partial charge in [0.1, 0.15) is 0 Å². The summed E-state index contributed by atoms with van der Waals surface area (Å²) in [5, 5.41) is 0. The quantitative estimate of drug-likeness (QED) is 0.578. The van der Waals surface area contributed by atoms with Crippen LogP contribution in [0.3, 0.4) is 0 Å². The maximum atomic E-state index is 2.85. The lowest BCUT2D eigenvalue weighted by Gasteiger charge is -2.57. The topological polar surface area (TPSA) is 3.24 Å². The molecule has 1 unspecified atom stereocenters. The highest BCUT2D eigenvalue weighted by Gasteiger charge is 2.74.